The topological polar surface area (TPSA) is 44.0 Å². The third-order valence-corrected chi connectivity index (χ3v) is 4.32. The maximum absolute atomic E-state index is 10.7. The van der Waals surface area contributed by atoms with Crippen LogP contribution in [0.4, 0.5) is 0 Å². The summed E-state index contributed by atoms with van der Waals surface area (Å²) in [5, 5.41) is 19.9. The van der Waals surface area contributed by atoms with Gasteiger partial charge in [0.15, 0.2) is 0 Å². The molecule has 3 atom stereocenters. The molecule has 0 heterocycles. The minimum absolute atomic E-state index is 0.572. The van der Waals surface area contributed by atoms with Gasteiger partial charge in [-0.3, -0.25) is 0 Å². The van der Waals surface area contributed by atoms with E-state index in [9.17, 15) is 10.4 Å². The highest BCUT2D eigenvalue weighted by molar-refractivity contribution is 5.08. The highest BCUT2D eigenvalue weighted by atomic mass is 16.3. The Kier molecular flexibility index (Phi) is 3.78. The molecule has 1 saturated carbocycles. The lowest BCUT2D eigenvalue weighted by molar-refractivity contribution is -0.0616. The van der Waals surface area contributed by atoms with Gasteiger partial charge in [-0.1, -0.05) is 26.7 Å². The molecule has 1 aliphatic rings. The van der Waals surface area contributed by atoms with Crippen molar-refractivity contribution in [2.45, 2.75) is 64.9 Å². The lowest BCUT2D eigenvalue weighted by atomic mass is 9.68. The van der Waals surface area contributed by atoms with Crippen LogP contribution in [0.5, 0.6) is 0 Å². The number of aliphatic hydroxyl groups is 1. The number of hydrogen-bond donors (Lipinski definition) is 1. The lowest BCUT2D eigenvalue weighted by Crippen LogP contribution is -2.45. The first-order valence-electron chi connectivity index (χ1n) is 6.11. The van der Waals surface area contributed by atoms with Crippen molar-refractivity contribution in [1.82, 2.24) is 0 Å². The third-order valence-electron chi connectivity index (χ3n) is 4.32. The Bertz CT molecular complexity index is 258. The fraction of sp³-hybridized carbons (Fsp3) is 0.923. The number of hydrogen-bond acceptors (Lipinski definition) is 2. The fourth-order valence-corrected chi connectivity index (χ4v) is 2.56. The quantitative estimate of drug-likeness (QED) is 0.709. The van der Waals surface area contributed by atoms with Crippen LogP contribution in [0.25, 0.3) is 0 Å². The van der Waals surface area contributed by atoms with Gasteiger partial charge in [0.2, 0.25) is 0 Å². The highest BCUT2D eigenvalue weighted by Gasteiger charge is 2.46. The van der Waals surface area contributed by atoms with Gasteiger partial charge in [-0.25, -0.2) is 0 Å². The van der Waals surface area contributed by atoms with Crippen LogP contribution in [-0.4, -0.2) is 10.7 Å². The van der Waals surface area contributed by atoms with Gasteiger partial charge in [0, 0.05) is 0 Å². The monoisotopic (exact) mass is 209 g/mol. The van der Waals surface area contributed by atoms with E-state index >= 15 is 0 Å². The van der Waals surface area contributed by atoms with Gasteiger partial charge < -0.3 is 5.11 Å². The van der Waals surface area contributed by atoms with Crippen LogP contribution in [0.15, 0.2) is 0 Å². The molecular formula is C13H23NO. The molecule has 2 nitrogen and oxygen atoms in total. The van der Waals surface area contributed by atoms with E-state index in [0.717, 1.165) is 32.1 Å². The third kappa shape index (κ3) is 2.34. The number of rotatable bonds is 2. The maximum Gasteiger partial charge on any atom is 0.0830 e. The molecule has 0 spiro atoms. The summed E-state index contributed by atoms with van der Waals surface area (Å²) in [5.41, 5.74) is -1.33. The van der Waals surface area contributed by atoms with E-state index in [-0.39, 0.29) is 0 Å². The van der Waals surface area contributed by atoms with Gasteiger partial charge in [0.25, 0.3) is 0 Å². The Balaban J connectivity index is 2.85. The van der Waals surface area contributed by atoms with E-state index in [1.54, 1.807) is 0 Å². The maximum atomic E-state index is 10.7. The Morgan fingerprint density at radius 2 is 2.13 bits per heavy atom. The number of nitriles is 1. The van der Waals surface area contributed by atoms with Crippen molar-refractivity contribution in [3.63, 3.8) is 0 Å². The summed E-state index contributed by atoms with van der Waals surface area (Å²) in [4.78, 5) is 0. The zero-order valence-electron chi connectivity index (χ0n) is 10.2. The number of nitrogens with zero attached hydrogens (tertiary/aromatic N) is 1. The first kappa shape index (κ1) is 12.5. The molecule has 0 bridgehead atoms. The molecule has 1 rings (SSSR count). The molecule has 86 valence electrons. The standard InChI is InChI=1S/C13H23NO/c1-4-12(3,10-14)13(15)8-5-6-11(2)7-9-13/h11,15H,4-9H2,1-3H3. The largest absolute Gasteiger partial charge is 0.388 e. The van der Waals surface area contributed by atoms with Gasteiger partial charge in [-0.05, 0) is 38.5 Å². The molecule has 1 N–H and O–H groups in total. The molecule has 3 unspecified atom stereocenters. The lowest BCUT2D eigenvalue weighted by Gasteiger charge is -2.39. The second-order valence-corrected chi connectivity index (χ2v) is 5.37. The molecule has 0 aromatic rings. The van der Waals surface area contributed by atoms with Crippen molar-refractivity contribution >= 4 is 0 Å². The molecule has 2 heteroatoms. The molecular weight excluding hydrogens is 186 g/mol. The summed E-state index contributed by atoms with van der Waals surface area (Å²) in [6.45, 7) is 6.14. The van der Waals surface area contributed by atoms with Crippen LogP contribution >= 0.6 is 0 Å². The summed E-state index contributed by atoms with van der Waals surface area (Å²) in [6, 6.07) is 2.33. The predicted molar refractivity (Wildman–Crippen MR) is 61.2 cm³/mol. The van der Waals surface area contributed by atoms with E-state index in [4.69, 9.17) is 0 Å². The molecule has 0 saturated heterocycles. The molecule has 0 aromatic carbocycles. The van der Waals surface area contributed by atoms with Gasteiger partial charge in [0.1, 0.15) is 0 Å². The summed E-state index contributed by atoms with van der Waals surface area (Å²) in [7, 11) is 0. The van der Waals surface area contributed by atoms with Crippen molar-refractivity contribution < 1.29 is 5.11 Å². The predicted octanol–water partition coefficient (Wildman–Crippen LogP) is 3.26. The van der Waals surface area contributed by atoms with Crippen molar-refractivity contribution in [3.8, 4) is 6.07 Å². The molecule has 15 heavy (non-hydrogen) atoms. The minimum Gasteiger partial charge on any atom is -0.388 e. The van der Waals surface area contributed by atoms with Gasteiger partial charge in [0.05, 0.1) is 17.1 Å². The van der Waals surface area contributed by atoms with Crippen LogP contribution in [-0.2, 0) is 0 Å². The average Bonchev–Trinajstić information content (AvgIpc) is 2.41. The fourth-order valence-electron chi connectivity index (χ4n) is 2.56. The zero-order valence-corrected chi connectivity index (χ0v) is 10.2. The van der Waals surface area contributed by atoms with Crippen LogP contribution in [0.3, 0.4) is 0 Å². The molecule has 0 aliphatic heterocycles. The van der Waals surface area contributed by atoms with Crippen molar-refractivity contribution in [2.75, 3.05) is 0 Å². The molecule has 0 radical (unpaired) electrons. The highest BCUT2D eigenvalue weighted by Crippen LogP contribution is 2.44. The van der Waals surface area contributed by atoms with E-state index in [0.29, 0.717) is 5.92 Å². The Morgan fingerprint density at radius 3 is 2.67 bits per heavy atom. The van der Waals surface area contributed by atoms with Crippen molar-refractivity contribution in [1.29, 1.82) is 5.26 Å². The smallest absolute Gasteiger partial charge is 0.0830 e. The van der Waals surface area contributed by atoms with Crippen molar-refractivity contribution in [2.24, 2.45) is 11.3 Å². The van der Waals surface area contributed by atoms with E-state index in [1.807, 2.05) is 13.8 Å². The summed E-state index contributed by atoms with van der Waals surface area (Å²) < 4.78 is 0. The van der Waals surface area contributed by atoms with Crippen LogP contribution < -0.4 is 0 Å². The normalized spacial score (nSPS) is 36.3. The Hall–Kier alpha value is -0.550. The van der Waals surface area contributed by atoms with Crippen LogP contribution in [0.1, 0.15) is 59.3 Å². The zero-order chi connectivity index (χ0) is 11.5. The molecule has 1 fully saturated rings. The van der Waals surface area contributed by atoms with Gasteiger partial charge >= 0.3 is 0 Å². The van der Waals surface area contributed by atoms with Gasteiger partial charge in [-0.15, -0.1) is 0 Å². The minimum atomic E-state index is -0.763. The van der Waals surface area contributed by atoms with E-state index in [2.05, 4.69) is 13.0 Å². The first-order valence-corrected chi connectivity index (χ1v) is 6.11. The first-order chi connectivity index (χ1) is 6.97. The second kappa shape index (κ2) is 4.53. The molecule has 0 amide bonds. The van der Waals surface area contributed by atoms with Crippen molar-refractivity contribution in [3.05, 3.63) is 0 Å². The Morgan fingerprint density at radius 1 is 1.47 bits per heavy atom. The summed E-state index contributed by atoms with van der Waals surface area (Å²) in [5.74, 6) is 0.693. The van der Waals surface area contributed by atoms with E-state index < -0.39 is 11.0 Å². The second-order valence-electron chi connectivity index (χ2n) is 5.37. The van der Waals surface area contributed by atoms with E-state index in [1.165, 1.54) is 6.42 Å². The average molecular weight is 209 g/mol. The SMILES string of the molecule is CCC(C)(C#N)C1(O)CCCC(C)CC1. The summed E-state index contributed by atoms with van der Waals surface area (Å²) in [6.07, 6.45) is 5.59. The van der Waals surface area contributed by atoms with Crippen LogP contribution in [0, 0.1) is 22.7 Å². The molecule has 0 aromatic heterocycles. The Labute approximate surface area is 93.3 Å². The summed E-state index contributed by atoms with van der Waals surface area (Å²) >= 11 is 0. The molecule has 1 aliphatic carbocycles. The van der Waals surface area contributed by atoms with Gasteiger partial charge in [-0.2, -0.15) is 5.26 Å². The van der Waals surface area contributed by atoms with Crippen LogP contribution in [0.2, 0.25) is 0 Å².